The Balaban J connectivity index is 1.76. The van der Waals surface area contributed by atoms with Gasteiger partial charge in [0.2, 0.25) is 0 Å². The number of nitro groups is 1. The van der Waals surface area contributed by atoms with Gasteiger partial charge in [-0.25, -0.2) is 0 Å². The first kappa shape index (κ1) is 12.2. The Hall–Kier alpha value is -1.82. The van der Waals surface area contributed by atoms with Crippen LogP contribution in [0, 0.1) is 16.0 Å². The molecule has 1 aliphatic heterocycles. The highest BCUT2D eigenvalue weighted by Crippen LogP contribution is 2.40. The van der Waals surface area contributed by atoms with Gasteiger partial charge in [0.25, 0.3) is 5.69 Å². The van der Waals surface area contributed by atoms with Gasteiger partial charge < -0.3 is 15.8 Å². The van der Waals surface area contributed by atoms with Crippen molar-refractivity contribution in [2.24, 2.45) is 5.92 Å². The van der Waals surface area contributed by atoms with Crippen LogP contribution in [0.15, 0.2) is 18.2 Å². The van der Waals surface area contributed by atoms with E-state index in [0.717, 1.165) is 25.9 Å². The summed E-state index contributed by atoms with van der Waals surface area (Å²) in [5.74, 6) is 0.467. The van der Waals surface area contributed by atoms with E-state index in [-0.39, 0.29) is 16.7 Å². The highest BCUT2D eigenvalue weighted by molar-refractivity contribution is 5.67. The van der Waals surface area contributed by atoms with Gasteiger partial charge in [0, 0.05) is 30.3 Å². The maximum absolute atomic E-state index is 11.0. The van der Waals surface area contributed by atoms with Gasteiger partial charge in [-0.15, -0.1) is 0 Å². The first-order valence-corrected chi connectivity index (χ1v) is 6.57. The summed E-state index contributed by atoms with van der Waals surface area (Å²) in [4.78, 5) is 10.6. The molecular formula is C13H17N3O3. The highest BCUT2D eigenvalue weighted by atomic mass is 16.6. The van der Waals surface area contributed by atoms with E-state index in [9.17, 15) is 10.1 Å². The van der Waals surface area contributed by atoms with E-state index < -0.39 is 0 Å². The molecule has 6 nitrogen and oxygen atoms in total. The number of benzene rings is 1. The largest absolute Gasteiger partial charge is 0.399 e. The molecule has 6 heteroatoms. The van der Waals surface area contributed by atoms with Crippen LogP contribution in [-0.4, -0.2) is 23.7 Å². The van der Waals surface area contributed by atoms with E-state index in [0.29, 0.717) is 23.4 Å². The van der Waals surface area contributed by atoms with Gasteiger partial charge >= 0.3 is 0 Å². The summed E-state index contributed by atoms with van der Waals surface area (Å²) in [6.45, 7) is 0.840. The molecule has 1 aromatic carbocycles. The number of hydrogen-bond acceptors (Lipinski definition) is 5. The summed E-state index contributed by atoms with van der Waals surface area (Å²) in [5, 5.41) is 14.3. The Bertz CT molecular complexity index is 506. The van der Waals surface area contributed by atoms with Crippen LogP contribution in [0.3, 0.4) is 0 Å². The SMILES string of the molecule is Nc1ccc([N+](=O)[O-])c(N[C@@H]2C[C@@H]3OCCC[C@H]32)c1. The average Bonchev–Trinajstić information content (AvgIpc) is 2.35. The van der Waals surface area contributed by atoms with E-state index in [4.69, 9.17) is 10.5 Å². The summed E-state index contributed by atoms with van der Waals surface area (Å²) in [7, 11) is 0. The first-order chi connectivity index (χ1) is 9.15. The summed E-state index contributed by atoms with van der Waals surface area (Å²) in [6.07, 6.45) is 3.43. The molecule has 2 aliphatic rings. The third-order valence-corrected chi connectivity index (χ3v) is 4.05. The number of anilines is 2. The van der Waals surface area contributed by atoms with Crippen LogP contribution in [-0.2, 0) is 4.74 Å². The lowest BCUT2D eigenvalue weighted by Gasteiger charge is -2.47. The summed E-state index contributed by atoms with van der Waals surface area (Å²) in [6, 6.07) is 4.89. The Kier molecular flexibility index (Phi) is 3.02. The van der Waals surface area contributed by atoms with Gasteiger partial charge in [0.1, 0.15) is 5.69 Å². The molecule has 0 unspecified atom stereocenters. The van der Waals surface area contributed by atoms with Gasteiger partial charge in [-0.05, 0) is 31.4 Å². The third-order valence-electron chi connectivity index (χ3n) is 4.05. The quantitative estimate of drug-likeness (QED) is 0.495. The number of nitrogens with one attached hydrogen (secondary N) is 1. The van der Waals surface area contributed by atoms with Gasteiger partial charge in [-0.2, -0.15) is 0 Å². The van der Waals surface area contributed by atoms with Crippen molar-refractivity contribution >= 4 is 17.1 Å². The second-order valence-electron chi connectivity index (χ2n) is 5.24. The maximum Gasteiger partial charge on any atom is 0.292 e. The molecular weight excluding hydrogens is 246 g/mol. The third kappa shape index (κ3) is 2.23. The lowest BCUT2D eigenvalue weighted by Crippen LogP contribution is -2.53. The van der Waals surface area contributed by atoms with E-state index in [2.05, 4.69) is 5.32 Å². The second-order valence-corrected chi connectivity index (χ2v) is 5.24. The summed E-state index contributed by atoms with van der Waals surface area (Å²) in [5.41, 5.74) is 6.83. The molecule has 1 heterocycles. The number of ether oxygens (including phenoxy) is 1. The van der Waals surface area contributed by atoms with Gasteiger partial charge in [0.05, 0.1) is 11.0 Å². The minimum atomic E-state index is -0.380. The number of fused-ring (bicyclic) bond motifs is 1. The predicted molar refractivity (Wildman–Crippen MR) is 72.0 cm³/mol. The Labute approximate surface area is 111 Å². The van der Waals surface area contributed by atoms with Crippen LogP contribution >= 0.6 is 0 Å². The first-order valence-electron chi connectivity index (χ1n) is 6.57. The van der Waals surface area contributed by atoms with Gasteiger partial charge in [-0.1, -0.05) is 0 Å². The second kappa shape index (κ2) is 4.70. The zero-order valence-corrected chi connectivity index (χ0v) is 10.5. The van der Waals surface area contributed by atoms with Crippen LogP contribution in [0.4, 0.5) is 17.1 Å². The van der Waals surface area contributed by atoms with E-state index in [1.54, 1.807) is 12.1 Å². The van der Waals surface area contributed by atoms with Crippen molar-refractivity contribution in [1.29, 1.82) is 0 Å². The van der Waals surface area contributed by atoms with E-state index in [1.165, 1.54) is 6.07 Å². The molecule has 1 saturated heterocycles. The van der Waals surface area contributed by atoms with E-state index >= 15 is 0 Å². The molecule has 0 amide bonds. The number of rotatable bonds is 3. The van der Waals surface area contributed by atoms with Gasteiger partial charge in [0.15, 0.2) is 0 Å². The smallest absolute Gasteiger partial charge is 0.292 e. The minimum Gasteiger partial charge on any atom is -0.399 e. The van der Waals surface area contributed by atoms with Crippen LogP contribution in [0.25, 0.3) is 0 Å². The average molecular weight is 263 g/mol. The number of hydrogen-bond donors (Lipinski definition) is 2. The number of nitrogen functional groups attached to an aromatic ring is 1. The van der Waals surface area contributed by atoms with Crippen LogP contribution in [0.1, 0.15) is 19.3 Å². The molecule has 1 aliphatic carbocycles. The topological polar surface area (TPSA) is 90.4 Å². The Morgan fingerprint density at radius 2 is 2.32 bits per heavy atom. The highest BCUT2D eigenvalue weighted by Gasteiger charge is 2.43. The molecule has 3 atom stereocenters. The molecule has 0 spiro atoms. The fraction of sp³-hybridized carbons (Fsp3) is 0.538. The van der Waals surface area contributed by atoms with Gasteiger partial charge in [-0.3, -0.25) is 10.1 Å². The Morgan fingerprint density at radius 3 is 3.05 bits per heavy atom. The fourth-order valence-electron chi connectivity index (χ4n) is 2.99. The van der Waals surface area contributed by atoms with Crippen molar-refractivity contribution in [3.63, 3.8) is 0 Å². The van der Waals surface area contributed by atoms with Crippen molar-refractivity contribution in [3.05, 3.63) is 28.3 Å². The fourth-order valence-corrected chi connectivity index (χ4v) is 2.99. The van der Waals surface area contributed by atoms with Crippen molar-refractivity contribution in [1.82, 2.24) is 0 Å². The molecule has 0 bridgehead atoms. The monoisotopic (exact) mass is 263 g/mol. The number of nitrogens with zero attached hydrogens (tertiary/aromatic N) is 1. The zero-order chi connectivity index (χ0) is 13.4. The Morgan fingerprint density at radius 1 is 1.47 bits per heavy atom. The van der Waals surface area contributed by atoms with Crippen molar-refractivity contribution < 1.29 is 9.66 Å². The molecule has 1 aromatic rings. The lowest BCUT2D eigenvalue weighted by molar-refractivity contribution is -0.384. The normalized spacial score (nSPS) is 29.2. The van der Waals surface area contributed by atoms with Crippen molar-refractivity contribution in [3.8, 4) is 0 Å². The van der Waals surface area contributed by atoms with Crippen LogP contribution in [0.5, 0.6) is 0 Å². The molecule has 3 rings (SSSR count). The summed E-state index contributed by atoms with van der Waals surface area (Å²) < 4.78 is 5.65. The summed E-state index contributed by atoms with van der Waals surface area (Å²) >= 11 is 0. The number of nitro benzene ring substituents is 1. The van der Waals surface area contributed by atoms with Crippen molar-refractivity contribution in [2.75, 3.05) is 17.7 Å². The molecule has 0 radical (unpaired) electrons. The standard InChI is InChI=1S/C13H17N3O3/c14-8-3-4-12(16(17)18)11(6-8)15-10-7-13-9(10)2-1-5-19-13/h3-4,6,9-10,13,15H,1-2,5,7,14H2/t9-,10+,13-/m0/s1. The molecule has 2 fully saturated rings. The molecule has 3 N–H and O–H groups in total. The van der Waals surface area contributed by atoms with E-state index in [1.807, 2.05) is 0 Å². The number of nitrogens with two attached hydrogens (primary N) is 1. The zero-order valence-electron chi connectivity index (χ0n) is 10.5. The van der Waals surface area contributed by atoms with Crippen molar-refractivity contribution in [2.45, 2.75) is 31.4 Å². The minimum absolute atomic E-state index is 0.0781. The maximum atomic E-state index is 11.0. The van der Waals surface area contributed by atoms with Crippen LogP contribution in [0.2, 0.25) is 0 Å². The molecule has 102 valence electrons. The molecule has 1 saturated carbocycles. The predicted octanol–water partition coefficient (Wildman–Crippen LogP) is 2.16. The lowest BCUT2D eigenvalue weighted by atomic mass is 9.72. The van der Waals surface area contributed by atoms with Crippen LogP contribution < -0.4 is 11.1 Å². The molecule has 0 aromatic heterocycles. The molecule has 19 heavy (non-hydrogen) atoms.